The van der Waals surface area contributed by atoms with Gasteiger partial charge in [-0.05, 0) is 52.9 Å². The minimum Gasteiger partial charge on any atom is -0.369 e. The van der Waals surface area contributed by atoms with Crippen molar-refractivity contribution in [3.63, 3.8) is 0 Å². The van der Waals surface area contributed by atoms with E-state index in [1.54, 1.807) is 0 Å². The fourth-order valence-corrected chi connectivity index (χ4v) is 3.99. The molecule has 5 heteroatoms. The van der Waals surface area contributed by atoms with Gasteiger partial charge < -0.3 is 15.5 Å². The molecule has 2 heterocycles. The van der Waals surface area contributed by atoms with Crippen molar-refractivity contribution in [2.75, 3.05) is 13.1 Å². The van der Waals surface area contributed by atoms with Crippen molar-refractivity contribution >= 4 is 11.8 Å². The lowest BCUT2D eigenvalue weighted by Crippen LogP contribution is -3.18. The Morgan fingerprint density at radius 2 is 1.76 bits per heavy atom. The molecule has 0 aliphatic carbocycles. The number of piperidine rings is 2. The third kappa shape index (κ3) is 3.57. The van der Waals surface area contributed by atoms with Crippen LogP contribution in [0.15, 0.2) is 0 Å². The Balaban J connectivity index is 2.02. The fraction of sp³-hybridized carbons (Fsp3) is 0.875. The number of hydrogen-bond acceptors (Lipinski definition) is 2. The SMILES string of the molecule is C[C@H](C(=O)N1[C@@H](C)CCC[C@@H]1C)[NH+]1CCC[C@H](C(N)=O)C1. The molecule has 120 valence electrons. The van der Waals surface area contributed by atoms with Gasteiger partial charge in [-0.2, -0.15) is 0 Å². The first-order chi connectivity index (χ1) is 9.91. The second-order valence-electron chi connectivity index (χ2n) is 6.95. The van der Waals surface area contributed by atoms with Crippen LogP contribution in [-0.2, 0) is 9.59 Å². The van der Waals surface area contributed by atoms with E-state index in [4.69, 9.17) is 5.73 Å². The number of nitrogens with zero attached hydrogens (tertiary/aromatic N) is 1. The Hall–Kier alpha value is -1.10. The molecule has 2 rings (SSSR count). The van der Waals surface area contributed by atoms with Gasteiger partial charge in [0.05, 0.1) is 19.0 Å². The van der Waals surface area contributed by atoms with E-state index in [0.29, 0.717) is 18.6 Å². The minimum absolute atomic E-state index is 0.0693. The molecular weight excluding hydrogens is 266 g/mol. The normalized spacial score (nSPS) is 35.3. The van der Waals surface area contributed by atoms with Crippen LogP contribution >= 0.6 is 0 Å². The average Bonchev–Trinajstić information content (AvgIpc) is 2.46. The van der Waals surface area contributed by atoms with Crippen molar-refractivity contribution in [3.8, 4) is 0 Å². The van der Waals surface area contributed by atoms with Crippen molar-refractivity contribution in [1.29, 1.82) is 0 Å². The van der Waals surface area contributed by atoms with Gasteiger partial charge in [-0.1, -0.05) is 0 Å². The van der Waals surface area contributed by atoms with Crippen LogP contribution < -0.4 is 10.6 Å². The predicted octanol–water partition coefficient (Wildman–Crippen LogP) is -0.0554. The Labute approximate surface area is 127 Å². The summed E-state index contributed by atoms with van der Waals surface area (Å²) in [5.41, 5.74) is 5.44. The molecule has 0 spiro atoms. The van der Waals surface area contributed by atoms with Gasteiger partial charge in [0.2, 0.25) is 5.91 Å². The van der Waals surface area contributed by atoms with E-state index < -0.39 is 0 Å². The Morgan fingerprint density at radius 3 is 2.33 bits per heavy atom. The lowest BCUT2D eigenvalue weighted by molar-refractivity contribution is -0.921. The molecule has 5 atom stereocenters. The maximum Gasteiger partial charge on any atom is 0.281 e. The van der Waals surface area contributed by atoms with Crippen molar-refractivity contribution in [2.45, 2.75) is 71.0 Å². The Kier molecular flexibility index (Phi) is 5.25. The molecule has 2 saturated heterocycles. The number of hydrogen-bond donors (Lipinski definition) is 2. The lowest BCUT2D eigenvalue weighted by atomic mass is 9.94. The van der Waals surface area contributed by atoms with E-state index in [9.17, 15) is 9.59 Å². The van der Waals surface area contributed by atoms with E-state index in [1.807, 2.05) is 6.92 Å². The Morgan fingerprint density at radius 1 is 1.14 bits per heavy atom. The number of primary amides is 1. The molecule has 2 fully saturated rings. The fourth-order valence-electron chi connectivity index (χ4n) is 3.99. The van der Waals surface area contributed by atoms with Crippen LogP contribution in [0.2, 0.25) is 0 Å². The van der Waals surface area contributed by atoms with Crippen LogP contribution in [0, 0.1) is 5.92 Å². The summed E-state index contributed by atoms with van der Waals surface area (Å²) in [5, 5.41) is 0. The van der Waals surface area contributed by atoms with Gasteiger partial charge in [-0.3, -0.25) is 9.59 Å². The largest absolute Gasteiger partial charge is 0.369 e. The summed E-state index contributed by atoms with van der Waals surface area (Å²) in [6.07, 6.45) is 5.26. The maximum absolute atomic E-state index is 12.9. The highest BCUT2D eigenvalue weighted by Gasteiger charge is 2.38. The molecule has 5 nitrogen and oxygen atoms in total. The molecule has 0 radical (unpaired) electrons. The van der Waals surface area contributed by atoms with Crippen LogP contribution in [0.5, 0.6) is 0 Å². The van der Waals surface area contributed by atoms with E-state index in [-0.39, 0.29) is 23.8 Å². The second kappa shape index (κ2) is 6.77. The van der Waals surface area contributed by atoms with Crippen LogP contribution in [0.3, 0.4) is 0 Å². The number of nitrogens with one attached hydrogen (secondary N) is 1. The molecule has 1 unspecified atom stereocenters. The molecular formula is C16H30N3O2+. The number of rotatable bonds is 3. The molecule has 0 aromatic rings. The zero-order valence-corrected chi connectivity index (χ0v) is 13.6. The van der Waals surface area contributed by atoms with Gasteiger partial charge >= 0.3 is 0 Å². The molecule has 2 aliphatic rings. The summed E-state index contributed by atoms with van der Waals surface area (Å²) in [7, 11) is 0. The summed E-state index contributed by atoms with van der Waals surface area (Å²) in [6.45, 7) is 7.98. The number of amides is 2. The van der Waals surface area contributed by atoms with E-state index in [0.717, 1.165) is 32.2 Å². The minimum atomic E-state index is -0.216. The summed E-state index contributed by atoms with van der Waals surface area (Å²) >= 11 is 0. The quantitative estimate of drug-likeness (QED) is 0.766. The van der Waals surface area contributed by atoms with Gasteiger partial charge in [0.15, 0.2) is 6.04 Å². The van der Waals surface area contributed by atoms with Gasteiger partial charge in [-0.15, -0.1) is 0 Å². The summed E-state index contributed by atoms with van der Waals surface area (Å²) in [4.78, 5) is 27.6. The van der Waals surface area contributed by atoms with Crippen LogP contribution in [0.1, 0.15) is 52.9 Å². The average molecular weight is 296 g/mol. The topological polar surface area (TPSA) is 67.8 Å². The van der Waals surface area contributed by atoms with Crippen molar-refractivity contribution in [2.24, 2.45) is 11.7 Å². The zero-order chi connectivity index (χ0) is 15.6. The van der Waals surface area contributed by atoms with E-state index in [2.05, 4.69) is 18.7 Å². The number of likely N-dealkylation sites (tertiary alicyclic amines) is 2. The maximum atomic E-state index is 12.9. The van der Waals surface area contributed by atoms with Gasteiger partial charge in [0.1, 0.15) is 0 Å². The molecule has 2 amide bonds. The number of quaternary nitrogens is 1. The highest BCUT2D eigenvalue weighted by Crippen LogP contribution is 2.23. The highest BCUT2D eigenvalue weighted by molar-refractivity contribution is 5.81. The van der Waals surface area contributed by atoms with Crippen molar-refractivity contribution < 1.29 is 14.5 Å². The van der Waals surface area contributed by atoms with Crippen molar-refractivity contribution in [1.82, 2.24) is 4.90 Å². The molecule has 0 aromatic carbocycles. The molecule has 0 bridgehead atoms. The molecule has 21 heavy (non-hydrogen) atoms. The summed E-state index contributed by atoms with van der Waals surface area (Å²) in [6, 6.07) is 0.592. The second-order valence-corrected chi connectivity index (χ2v) is 6.95. The monoisotopic (exact) mass is 296 g/mol. The lowest BCUT2D eigenvalue weighted by Gasteiger charge is -2.42. The number of carbonyl (C=O) groups excluding carboxylic acids is 2. The van der Waals surface area contributed by atoms with Crippen LogP contribution in [-0.4, -0.2) is 47.9 Å². The van der Waals surface area contributed by atoms with Gasteiger partial charge in [0, 0.05) is 12.1 Å². The van der Waals surface area contributed by atoms with E-state index >= 15 is 0 Å². The first-order valence-corrected chi connectivity index (χ1v) is 8.38. The number of carbonyl (C=O) groups is 2. The van der Waals surface area contributed by atoms with Crippen molar-refractivity contribution in [3.05, 3.63) is 0 Å². The van der Waals surface area contributed by atoms with Gasteiger partial charge in [-0.25, -0.2) is 0 Å². The Bertz CT molecular complexity index is 389. The number of nitrogens with two attached hydrogens (primary N) is 1. The highest BCUT2D eigenvalue weighted by atomic mass is 16.2. The molecule has 0 aromatic heterocycles. The van der Waals surface area contributed by atoms with Crippen LogP contribution in [0.4, 0.5) is 0 Å². The standard InChI is InChI=1S/C16H29N3O2/c1-11-6-4-7-12(2)19(11)16(21)13(3)18-9-5-8-14(10-18)15(17)20/h11-14H,4-10H2,1-3H3,(H2,17,20)/p+1/t11-,12-,13+,14-/m0/s1. The smallest absolute Gasteiger partial charge is 0.281 e. The first-order valence-electron chi connectivity index (χ1n) is 8.38. The third-order valence-corrected chi connectivity index (χ3v) is 5.39. The molecule has 2 aliphatic heterocycles. The van der Waals surface area contributed by atoms with E-state index in [1.165, 1.54) is 11.3 Å². The van der Waals surface area contributed by atoms with Crippen LogP contribution in [0.25, 0.3) is 0 Å². The third-order valence-electron chi connectivity index (χ3n) is 5.39. The predicted molar refractivity (Wildman–Crippen MR) is 81.7 cm³/mol. The molecule has 3 N–H and O–H groups in total. The first kappa shape index (κ1) is 16.3. The molecule has 0 saturated carbocycles. The summed E-state index contributed by atoms with van der Waals surface area (Å²) in [5.74, 6) is -0.0402. The summed E-state index contributed by atoms with van der Waals surface area (Å²) < 4.78 is 0. The van der Waals surface area contributed by atoms with Gasteiger partial charge in [0.25, 0.3) is 5.91 Å². The zero-order valence-electron chi connectivity index (χ0n) is 13.6.